The van der Waals surface area contributed by atoms with Gasteiger partial charge in [-0.1, -0.05) is 19.4 Å². The number of hydrogen-bond acceptors (Lipinski definition) is 5. The highest BCUT2D eigenvalue weighted by Gasteiger charge is 2.28. The van der Waals surface area contributed by atoms with E-state index in [4.69, 9.17) is 0 Å². The lowest BCUT2D eigenvalue weighted by Gasteiger charge is -2.31. The minimum atomic E-state index is -3.52. The molecule has 0 spiro atoms. The maximum absolute atomic E-state index is 12.8. The van der Waals surface area contributed by atoms with Gasteiger partial charge in [0.15, 0.2) is 0 Å². The normalized spacial score (nSPS) is 20.5. The second-order valence-electron chi connectivity index (χ2n) is 8.41. The van der Waals surface area contributed by atoms with Crippen LogP contribution in [0.2, 0.25) is 0 Å². The van der Waals surface area contributed by atoms with Crippen molar-refractivity contribution in [3.8, 4) is 0 Å². The maximum atomic E-state index is 12.8. The second-order valence-corrected chi connectivity index (χ2v) is 10.3. The van der Waals surface area contributed by atoms with E-state index in [-0.39, 0.29) is 29.2 Å². The Morgan fingerprint density at radius 1 is 1.13 bits per heavy atom. The SMILES string of the molecule is CCCCNC(=O)C1CCCN(CC(=O)Nc2cccc(S(=O)(=O)N3CCCC3)c2)C1. The van der Waals surface area contributed by atoms with E-state index < -0.39 is 10.0 Å². The lowest BCUT2D eigenvalue weighted by atomic mass is 9.97. The van der Waals surface area contributed by atoms with Crippen LogP contribution in [0.3, 0.4) is 0 Å². The third-order valence-corrected chi connectivity index (χ3v) is 7.79. The van der Waals surface area contributed by atoms with Crippen LogP contribution in [0.1, 0.15) is 45.4 Å². The molecule has 0 aromatic heterocycles. The first-order valence-electron chi connectivity index (χ1n) is 11.3. The third kappa shape index (κ3) is 6.51. The Bertz CT molecular complexity index is 868. The molecule has 31 heavy (non-hydrogen) atoms. The minimum Gasteiger partial charge on any atom is -0.356 e. The number of unbranched alkanes of at least 4 members (excludes halogenated alkanes) is 1. The number of likely N-dealkylation sites (tertiary alicyclic amines) is 1. The molecule has 0 radical (unpaired) electrons. The molecule has 1 aromatic rings. The van der Waals surface area contributed by atoms with Gasteiger partial charge in [0.05, 0.1) is 17.4 Å². The monoisotopic (exact) mass is 450 g/mol. The van der Waals surface area contributed by atoms with E-state index in [0.717, 1.165) is 45.1 Å². The first-order chi connectivity index (χ1) is 14.9. The molecule has 0 aliphatic carbocycles. The van der Waals surface area contributed by atoms with Crippen molar-refractivity contribution in [2.45, 2.75) is 50.3 Å². The van der Waals surface area contributed by atoms with E-state index in [9.17, 15) is 18.0 Å². The Labute approximate surface area is 185 Å². The fourth-order valence-electron chi connectivity index (χ4n) is 4.16. The molecule has 3 rings (SSSR count). The Balaban J connectivity index is 1.54. The molecular weight excluding hydrogens is 416 g/mol. The standard InChI is InChI=1S/C22H34N4O4S/c1-2-3-11-23-22(28)18-8-7-12-25(16-18)17-21(27)24-19-9-6-10-20(15-19)31(29,30)26-13-4-5-14-26/h6,9-10,15,18H,2-5,7-8,11-14,16-17H2,1H3,(H,23,28)(H,24,27). The van der Waals surface area contributed by atoms with Gasteiger partial charge in [0, 0.05) is 31.9 Å². The van der Waals surface area contributed by atoms with Crippen LogP contribution in [0.25, 0.3) is 0 Å². The van der Waals surface area contributed by atoms with Gasteiger partial charge in [-0.3, -0.25) is 14.5 Å². The number of rotatable bonds is 9. The molecule has 2 aliphatic rings. The molecule has 2 heterocycles. The van der Waals surface area contributed by atoms with E-state index in [0.29, 0.717) is 31.9 Å². The van der Waals surface area contributed by atoms with Crippen molar-refractivity contribution in [2.24, 2.45) is 5.92 Å². The van der Waals surface area contributed by atoms with Gasteiger partial charge in [0.25, 0.3) is 0 Å². The number of piperidine rings is 1. The molecule has 0 bridgehead atoms. The van der Waals surface area contributed by atoms with Crippen LogP contribution in [0.4, 0.5) is 5.69 Å². The zero-order valence-electron chi connectivity index (χ0n) is 18.3. The summed E-state index contributed by atoms with van der Waals surface area (Å²) in [7, 11) is -3.52. The summed E-state index contributed by atoms with van der Waals surface area (Å²) in [6.45, 7) is 5.39. The number of sulfonamides is 1. The zero-order chi connectivity index (χ0) is 22.3. The molecule has 9 heteroatoms. The van der Waals surface area contributed by atoms with Gasteiger partial charge >= 0.3 is 0 Å². The highest BCUT2D eigenvalue weighted by molar-refractivity contribution is 7.89. The minimum absolute atomic E-state index is 0.0679. The predicted octanol–water partition coefficient (Wildman–Crippen LogP) is 2.04. The highest BCUT2D eigenvalue weighted by Crippen LogP contribution is 2.23. The first kappa shape index (κ1) is 23.7. The summed E-state index contributed by atoms with van der Waals surface area (Å²) in [5.41, 5.74) is 0.469. The molecule has 2 amide bonds. The Kier molecular flexibility index (Phi) is 8.45. The number of anilines is 1. The van der Waals surface area contributed by atoms with Gasteiger partial charge < -0.3 is 10.6 Å². The van der Waals surface area contributed by atoms with Gasteiger partial charge in [0.2, 0.25) is 21.8 Å². The van der Waals surface area contributed by atoms with Crippen LogP contribution in [0.15, 0.2) is 29.2 Å². The van der Waals surface area contributed by atoms with Crippen LogP contribution in [0, 0.1) is 5.92 Å². The summed E-state index contributed by atoms with van der Waals surface area (Å²) in [6, 6.07) is 6.43. The average molecular weight is 451 g/mol. The van der Waals surface area contributed by atoms with Gasteiger partial charge in [-0.05, 0) is 56.8 Å². The van der Waals surface area contributed by atoms with Crippen molar-refractivity contribution in [1.82, 2.24) is 14.5 Å². The Morgan fingerprint density at radius 2 is 1.90 bits per heavy atom. The summed E-state index contributed by atoms with van der Waals surface area (Å²) in [6.07, 6.45) is 5.48. The molecule has 2 fully saturated rings. The summed E-state index contributed by atoms with van der Waals surface area (Å²) in [4.78, 5) is 27.1. The molecule has 172 valence electrons. The smallest absolute Gasteiger partial charge is 0.243 e. The second kappa shape index (κ2) is 11.1. The quantitative estimate of drug-likeness (QED) is 0.561. The van der Waals surface area contributed by atoms with Crippen LogP contribution >= 0.6 is 0 Å². The number of benzene rings is 1. The van der Waals surface area contributed by atoms with Crippen LogP contribution < -0.4 is 10.6 Å². The van der Waals surface area contributed by atoms with Gasteiger partial charge in [-0.15, -0.1) is 0 Å². The fourth-order valence-corrected chi connectivity index (χ4v) is 5.72. The van der Waals surface area contributed by atoms with E-state index in [2.05, 4.69) is 17.6 Å². The molecule has 2 N–H and O–H groups in total. The first-order valence-corrected chi connectivity index (χ1v) is 12.7. The Morgan fingerprint density at radius 3 is 2.65 bits per heavy atom. The molecular formula is C22H34N4O4S. The molecule has 2 aliphatic heterocycles. The molecule has 1 aromatic carbocycles. The number of amides is 2. The number of hydrogen-bond donors (Lipinski definition) is 2. The maximum Gasteiger partial charge on any atom is 0.243 e. The number of nitrogens with one attached hydrogen (secondary N) is 2. The predicted molar refractivity (Wildman–Crippen MR) is 120 cm³/mol. The summed E-state index contributed by atoms with van der Waals surface area (Å²) >= 11 is 0. The number of carbonyl (C=O) groups excluding carboxylic acids is 2. The van der Waals surface area contributed by atoms with E-state index >= 15 is 0 Å². The molecule has 1 unspecified atom stereocenters. The molecule has 2 saturated heterocycles. The molecule has 0 saturated carbocycles. The van der Waals surface area contributed by atoms with E-state index in [1.807, 2.05) is 4.90 Å². The van der Waals surface area contributed by atoms with Gasteiger partial charge in [0.1, 0.15) is 0 Å². The van der Waals surface area contributed by atoms with Crippen molar-refractivity contribution in [3.05, 3.63) is 24.3 Å². The molecule has 8 nitrogen and oxygen atoms in total. The topological polar surface area (TPSA) is 98.8 Å². The van der Waals surface area contributed by atoms with Gasteiger partial charge in [-0.2, -0.15) is 4.31 Å². The lowest BCUT2D eigenvalue weighted by Crippen LogP contribution is -2.45. The zero-order valence-corrected chi connectivity index (χ0v) is 19.1. The summed E-state index contributed by atoms with van der Waals surface area (Å²) in [5, 5.41) is 5.80. The van der Waals surface area contributed by atoms with Crippen molar-refractivity contribution in [3.63, 3.8) is 0 Å². The third-order valence-electron chi connectivity index (χ3n) is 5.89. The summed E-state index contributed by atoms with van der Waals surface area (Å²) < 4.78 is 27.0. The summed E-state index contributed by atoms with van der Waals surface area (Å²) in [5.74, 6) is -0.228. The van der Waals surface area contributed by atoms with Crippen LogP contribution in [0.5, 0.6) is 0 Å². The van der Waals surface area contributed by atoms with Crippen LogP contribution in [-0.2, 0) is 19.6 Å². The number of carbonyl (C=O) groups is 2. The van der Waals surface area contributed by atoms with Crippen LogP contribution in [-0.4, -0.2) is 68.7 Å². The average Bonchev–Trinajstić information content (AvgIpc) is 3.30. The van der Waals surface area contributed by atoms with Crippen molar-refractivity contribution in [1.29, 1.82) is 0 Å². The molecule has 1 atom stereocenters. The van der Waals surface area contributed by atoms with Crippen molar-refractivity contribution >= 4 is 27.5 Å². The van der Waals surface area contributed by atoms with Gasteiger partial charge in [-0.25, -0.2) is 8.42 Å². The number of nitrogens with zero attached hydrogens (tertiary/aromatic N) is 2. The highest BCUT2D eigenvalue weighted by atomic mass is 32.2. The fraction of sp³-hybridized carbons (Fsp3) is 0.636. The van der Waals surface area contributed by atoms with Crippen molar-refractivity contribution < 1.29 is 18.0 Å². The Hall–Kier alpha value is -1.97. The lowest BCUT2D eigenvalue weighted by molar-refractivity contribution is -0.127. The largest absolute Gasteiger partial charge is 0.356 e. The van der Waals surface area contributed by atoms with E-state index in [1.165, 1.54) is 10.4 Å². The van der Waals surface area contributed by atoms with Crippen molar-refractivity contribution in [2.75, 3.05) is 44.6 Å². The van der Waals surface area contributed by atoms with E-state index in [1.54, 1.807) is 18.2 Å².